The molecule has 1 fully saturated rings. The summed E-state index contributed by atoms with van der Waals surface area (Å²) in [5, 5.41) is 17.2. The van der Waals surface area contributed by atoms with E-state index in [9.17, 15) is 24.3 Å². The molecular formula is C19H21N5O7S2. The van der Waals surface area contributed by atoms with E-state index < -0.39 is 35.2 Å². The molecule has 0 saturated carbocycles. The van der Waals surface area contributed by atoms with Gasteiger partial charge < -0.3 is 25.7 Å². The first-order valence-corrected chi connectivity index (χ1v) is 11.5. The second kappa shape index (κ2) is 10.5. The van der Waals surface area contributed by atoms with E-state index in [1.807, 2.05) is 0 Å². The summed E-state index contributed by atoms with van der Waals surface area (Å²) in [4.78, 5) is 58.8. The van der Waals surface area contributed by atoms with Gasteiger partial charge in [0.15, 0.2) is 10.8 Å². The molecule has 2 aliphatic heterocycles. The molecule has 3 rings (SSSR count). The van der Waals surface area contributed by atoms with Crippen LogP contribution in [0.25, 0.3) is 0 Å². The van der Waals surface area contributed by atoms with Crippen LogP contribution in [0.4, 0.5) is 5.13 Å². The lowest BCUT2D eigenvalue weighted by atomic mass is 10.0. The minimum Gasteiger partial charge on any atom is -0.477 e. The number of allylic oxidation sites excluding steroid dienone is 1. The monoisotopic (exact) mass is 495 g/mol. The number of carboxylic acid groups (broad SMARTS) is 1. The number of nitrogens with one attached hydrogen (secondary N) is 1. The number of nitrogens with zero attached hydrogens (tertiary/aromatic N) is 3. The molecule has 2 aliphatic rings. The molecule has 3 heterocycles. The first-order valence-electron chi connectivity index (χ1n) is 9.61. The Morgan fingerprint density at radius 3 is 2.82 bits per heavy atom. The van der Waals surface area contributed by atoms with Gasteiger partial charge in [0.1, 0.15) is 36.0 Å². The number of nitrogens with two attached hydrogens (primary N) is 1. The number of thiazole rings is 1. The summed E-state index contributed by atoms with van der Waals surface area (Å²) in [5.74, 6) is -2.99. The number of ether oxygens (including phenoxy) is 1. The number of hydrogen-bond acceptors (Lipinski definition) is 11. The number of aromatic nitrogens is 1. The van der Waals surface area contributed by atoms with Crippen molar-refractivity contribution in [2.24, 2.45) is 5.16 Å². The molecule has 1 unspecified atom stereocenters. The molecule has 4 N–H and O–H groups in total. The fourth-order valence-corrected chi connectivity index (χ4v) is 4.91. The lowest BCUT2D eigenvalue weighted by Gasteiger charge is -2.49. The van der Waals surface area contributed by atoms with Crippen LogP contribution < -0.4 is 11.1 Å². The number of carboxylic acids is 1. The first kappa shape index (κ1) is 24.3. The zero-order chi connectivity index (χ0) is 24.1. The number of nitrogen functional groups attached to an aromatic ring is 1. The normalized spacial score (nSPS) is 20.4. The highest BCUT2D eigenvalue weighted by molar-refractivity contribution is 8.00. The number of thioether (sulfide) groups is 1. The van der Waals surface area contributed by atoms with Crippen LogP contribution in [-0.4, -0.2) is 74.8 Å². The summed E-state index contributed by atoms with van der Waals surface area (Å²) in [6.45, 7) is 2.90. The number of carbonyl (C=O) groups is 4. The molecule has 176 valence electrons. The molecule has 14 heteroatoms. The first-order chi connectivity index (χ1) is 15.7. The number of hydrogen-bond donors (Lipinski definition) is 3. The van der Waals surface area contributed by atoms with Crippen molar-refractivity contribution in [1.82, 2.24) is 15.2 Å². The maximum atomic E-state index is 12.9. The number of esters is 1. The summed E-state index contributed by atoms with van der Waals surface area (Å²) in [6, 6.07) is -0.983. The van der Waals surface area contributed by atoms with Gasteiger partial charge in [-0.1, -0.05) is 11.2 Å². The Balaban J connectivity index is 1.77. The molecule has 0 aromatic carbocycles. The zero-order valence-corrected chi connectivity index (χ0v) is 19.3. The Morgan fingerprint density at radius 2 is 2.21 bits per heavy atom. The van der Waals surface area contributed by atoms with Crippen LogP contribution in [-0.2, 0) is 28.8 Å². The van der Waals surface area contributed by atoms with Gasteiger partial charge in [0, 0.05) is 23.6 Å². The van der Waals surface area contributed by atoms with Crippen LogP contribution >= 0.6 is 23.1 Å². The SMILES string of the molecule is CC=CCON=C(C(=O)NC1C(=O)N2C(C(=O)O)=C(COC(C)=O)CS[C@H]12)c1csc(N)n1. The maximum Gasteiger partial charge on any atom is 0.352 e. The van der Waals surface area contributed by atoms with E-state index in [0.717, 1.165) is 16.2 Å². The lowest BCUT2D eigenvalue weighted by Crippen LogP contribution is -2.71. The number of amides is 2. The number of oxime groups is 1. The molecule has 0 aliphatic carbocycles. The van der Waals surface area contributed by atoms with Gasteiger partial charge in [0.05, 0.1) is 0 Å². The van der Waals surface area contributed by atoms with Crippen molar-refractivity contribution in [2.45, 2.75) is 25.3 Å². The average molecular weight is 496 g/mol. The molecule has 2 atom stereocenters. The Morgan fingerprint density at radius 1 is 1.45 bits per heavy atom. The highest BCUT2D eigenvalue weighted by Gasteiger charge is 2.54. The van der Waals surface area contributed by atoms with Gasteiger partial charge >= 0.3 is 11.9 Å². The fourth-order valence-electron chi connectivity index (χ4n) is 3.03. The fraction of sp³-hybridized carbons (Fsp3) is 0.368. The van der Waals surface area contributed by atoms with Crippen molar-refractivity contribution in [1.29, 1.82) is 0 Å². The van der Waals surface area contributed by atoms with Crippen molar-refractivity contribution >= 4 is 57.7 Å². The lowest BCUT2D eigenvalue weighted by molar-refractivity contribution is -0.150. The zero-order valence-electron chi connectivity index (χ0n) is 17.6. The van der Waals surface area contributed by atoms with E-state index in [0.29, 0.717) is 5.57 Å². The number of β-lactam (4-membered cyclic amide) rings is 1. The summed E-state index contributed by atoms with van der Waals surface area (Å²) >= 11 is 2.36. The van der Waals surface area contributed by atoms with Crippen molar-refractivity contribution in [3.05, 3.63) is 34.5 Å². The number of fused-ring (bicyclic) bond motifs is 1. The third kappa shape index (κ3) is 5.34. The molecule has 1 aromatic rings. The molecule has 0 spiro atoms. The Bertz CT molecular complexity index is 1060. The van der Waals surface area contributed by atoms with E-state index in [2.05, 4.69) is 15.5 Å². The molecule has 33 heavy (non-hydrogen) atoms. The standard InChI is InChI=1S/C19H21N5O7S2/c1-3-4-5-31-23-12(11-8-33-19(20)21-11)15(26)22-13-16(27)24-14(18(28)29)10(6-30-9(2)25)7-32-17(13)24/h3-4,8,13,17H,5-7H2,1-2H3,(H2,20,21)(H,22,26)(H,28,29)/t13?,17-/m1/s1. The van der Waals surface area contributed by atoms with Crippen LogP contribution in [0.5, 0.6) is 0 Å². The molecule has 2 amide bonds. The minimum absolute atomic E-state index is 0.124. The third-order valence-electron chi connectivity index (χ3n) is 4.53. The topological polar surface area (TPSA) is 174 Å². The molecule has 12 nitrogen and oxygen atoms in total. The maximum absolute atomic E-state index is 12.9. The van der Waals surface area contributed by atoms with Gasteiger partial charge in [-0.15, -0.1) is 23.1 Å². The van der Waals surface area contributed by atoms with Crippen LogP contribution in [0.15, 0.2) is 34.0 Å². The molecule has 1 aromatic heterocycles. The van der Waals surface area contributed by atoms with Gasteiger partial charge in [0.2, 0.25) is 0 Å². The Kier molecular flexibility index (Phi) is 7.71. The summed E-state index contributed by atoms with van der Waals surface area (Å²) in [5.41, 5.74) is 5.73. The van der Waals surface area contributed by atoms with Gasteiger partial charge in [-0.25, -0.2) is 9.78 Å². The van der Waals surface area contributed by atoms with E-state index in [1.165, 1.54) is 24.1 Å². The van der Waals surface area contributed by atoms with Crippen molar-refractivity contribution in [2.75, 3.05) is 24.7 Å². The van der Waals surface area contributed by atoms with Crippen molar-refractivity contribution < 1.29 is 33.9 Å². The van der Waals surface area contributed by atoms with E-state index >= 15 is 0 Å². The number of anilines is 1. The number of aliphatic carboxylic acids is 1. The highest BCUT2D eigenvalue weighted by Crippen LogP contribution is 2.40. The van der Waals surface area contributed by atoms with Crippen molar-refractivity contribution in [3.8, 4) is 0 Å². The van der Waals surface area contributed by atoms with E-state index in [4.69, 9.17) is 15.3 Å². The summed E-state index contributed by atoms with van der Waals surface area (Å²) < 4.78 is 4.90. The van der Waals surface area contributed by atoms with E-state index in [-0.39, 0.29) is 41.2 Å². The predicted molar refractivity (Wildman–Crippen MR) is 120 cm³/mol. The minimum atomic E-state index is -1.32. The average Bonchev–Trinajstić information content (AvgIpc) is 3.20. The smallest absolute Gasteiger partial charge is 0.352 e. The molecule has 0 bridgehead atoms. The third-order valence-corrected chi connectivity index (χ3v) is 6.54. The van der Waals surface area contributed by atoms with Gasteiger partial charge in [-0.3, -0.25) is 19.3 Å². The second-order valence-corrected chi connectivity index (χ2v) is 8.77. The van der Waals surface area contributed by atoms with Crippen LogP contribution in [0.2, 0.25) is 0 Å². The van der Waals surface area contributed by atoms with Crippen LogP contribution in [0.1, 0.15) is 19.5 Å². The largest absolute Gasteiger partial charge is 0.477 e. The molecule has 1 saturated heterocycles. The summed E-state index contributed by atoms with van der Waals surface area (Å²) in [6.07, 6.45) is 3.44. The van der Waals surface area contributed by atoms with Gasteiger partial charge in [0.25, 0.3) is 11.8 Å². The van der Waals surface area contributed by atoms with Crippen LogP contribution in [0.3, 0.4) is 0 Å². The Hall–Kier alpha value is -3.39. The van der Waals surface area contributed by atoms with Crippen molar-refractivity contribution in [3.63, 3.8) is 0 Å². The van der Waals surface area contributed by atoms with Crippen LogP contribution in [0, 0.1) is 0 Å². The number of rotatable bonds is 9. The van der Waals surface area contributed by atoms with Gasteiger partial charge in [-0.2, -0.15) is 0 Å². The molecule has 0 radical (unpaired) electrons. The highest BCUT2D eigenvalue weighted by atomic mass is 32.2. The summed E-state index contributed by atoms with van der Waals surface area (Å²) in [7, 11) is 0. The second-order valence-electron chi connectivity index (χ2n) is 6.77. The molecular weight excluding hydrogens is 474 g/mol. The van der Waals surface area contributed by atoms with Gasteiger partial charge in [-0.05, 0) is 13.0 Å². The Labute approximate surface area is 196 Å². The quantitative estimate of drug-likeness (QED) is 0.108. The van der Waals surface area contributed by atoms with E-state index in [1.54, 1.807) is 19.1 Å². The number of carbonyl (C=O) groups excluding carboxylic acids is 3. The predicted octanol–water partition coefficient (Wildman–Crippen LogP) is 0.324.